The Hall–Kier alpha value is -3.28. The number of nitrogens with one attached hydrogen (secondary N) is 1. The van der Waals surface area contributed by atoms with Gasteiger partial charge in [0.15, 0.2) is 0 Å². The first-order chi connectivity index (χ1) is 12.0. The van der Waals surface area contributed by atoms with Gasteiger partial charge in [-0.15, -0.1) is 0 Å². The number of carbonyl (C=O) groups excluding carboxylic acids is 1. The van der Waals surface area contributed by atoms with Crippen molar-refractivity contribution in [3.8, 4) is 11.5 Å². The Morgan fingerprint density at radius 1 is 1.16 bits per heavy atom. The minimum absolute atomic E-state index is 0.274. The molecule has 0 bridgehead atoms. The minimum Gasteiger partial charge on any atom is -0.507 e. The van der Waals surface area contributed by atoms with Gasteiger partial charge in [-0.05, 0) is 48.4 Å². The molecule has 0 heterocycles. The zero-order valence-electron chi connectivity index (χ0n) is 13.7. The third-order valence-electron chi connectivity index (χ3n) is 3.27. The van der Waals surface area contributed by atoms with Crippen molar-refractivity contribution in [2.45, 2.75) is 13.3 Å². The van der Waals surface area contributed by atoms with Crippen molar-refractivity contribution in [1.29, 1.82) is 0 Å². The molecule has 2 aromatic carbocycles. The van der Waals surface area contributed by atoms with Crippen molar-refractivity contribution < 1.29 is 24.5 Å². The third-order valence-corrected chi connectivity index (χ3v) is 3.27. The predicted molar refractivity (Wildman–Crippen MR) is 95.0 cm³/mol. The van der Waals surface area contributed by atoms with Crippen molar-refractivity contribution in [1.82, 2.24) is 0 Å². The molecule has 0 saturated heterocycles. The van der Waals surface area contributed by atoms with E-state index in [1.165, 1.54) is 24.3 Å². The molecule has 0 aliphatic heterocycles. The molecule has 0 radical (unpaired) electrons. The molecular formula is C19H19NO5. The van der Waals surface area contributed by atoms with Crippen molar-refractivity contribution in [3.05, 3.63) is 59.7 Å². The molecule has 0 spiro atoms. The summed E-state index contributed by atoms with van der Waals surface area (Å²) in [7, 11) is 0. The van der Waals surface area contributed by atoms with Crippen LogP contribution in [0.25, 0.3) is 6.08 Å². The van der Waals surface area contributed by atoms with Crippen molar-refractivity contribution in [2.75, 3.05) is 11.9 Å². The van der Waals surface area contributed by atoms with Crippen molar-refractivity contribution >= 4 is 23.6 Å². The summed E-state index contributed by atoms with van der Waals surface area (Å²) in [5.41, 5.74) is 0.841. The highest BCUT2D eigenvalue weighted by Crippen LogP contribution is 2.21. The first-order valence-electron chi connectivity index (χ1n) is 7.78. The highest BCUT2D eigenvalue weighted by atomic mass is 16.5. The molecule has 6 heteroatoms. The second kappa shape index (κ2) is 8.54. The fourth-order valence-electron chi connectivity index (χ4n) is 2.04. The van der Waals surface area contributed by atoms with Crippen LogP contribution < -0.4 is 10.1 Å². The summed E-state index contributed by atoms with van der Waals surface area (Å²) in [5, 5.41) is 21.0. The summed E-state index contributed by atoms with van der Waals surface area (Å²) in [4.78, 5) is 22.9. The number of anilines is 1. The number of carboxylic acid groups (broad SMARTS) is 1. The number of hydrogen-bond acceptors (Lipinski definition) is 4. The molecule has 1 amide bonds. The lowest BCUT2D eigenvalue weighted by molar-refractivity contribution is -0.111. The number of carbonyl (C=O) groups is 2. The monoisotopic (exact) mass is 341 g/mol. The number of amides is 1. The lowest BCUT2D eigenvalue weighted by Crippen LogP contribution is -2.08. The normalized spacial score (nSPS) is 10.6. The van der Waals surface area contributed by atoms with Crippen LogP contribution in [0.15, 0.2) is 48.5 Å². The van der Waals surface area contributed by atoms with Gasteiger partial charge in [-0.3, -0.25) is 4.79 Å². The van der Waals surface area contributed by atoms with Crippen molar-refractivity contribution in [2.24, 2.45) is 0 Å². The van der Waals surface area contributed by atoms with Crippen molar-refractivity contribution in [3.63, 3.8) is 0 Å². The molecular weight excluding hydrogens is 322 g/mol. The van der Waals surface area contributed by atoms with Crippen LogP contribution in [0.3, 0.4) is 0 Å². The third kappa shape index (κ3) is 5.39. The van der Waals surface area contributed by atoms with Crippen LogP contribution in [0.4, 0.5) is 5.69 Å². The van der Waals surface area contributed by atoms with Gasteiger partial charge in [-0.2, -0.15) is 0 Å². The molecule has 0 unspecified atom stereocenters. The van der Waals surface area contributed by atoms with E-state index < -0.39 is 11.9 Å². The summed E-state index contributed by atoms with van der Waals surface area (Å²) in [6.45, 7) is 2.69. The minimum atomic E-state index is -1.27. The van der Waals surface area contributed by atoms with E-state index in [0.29, 0.717) is 6.61 Å². The molecule has 130 valence electrons. The second-order valence-corrected chi connectivity index (χ2v) is 5.28. The van der Waals surface area contributed by atoms with Gasteiger partial charge in [0.1, 0.15) is 17.1 Å². The first kappa shape index (κ1) is 18.1. The Morgan fingerprint density at radius 3 is 2.52 bits per heavy atom. The number of rotatable bonds is 7. The molecule has 6 nitrogen and oxygen atoms in total. The van der Waals surface area contributed by atoms with Crippen LogP contribution in [0.5, 0.6) is 11.5 Å². The Morgan fingerprint density at radius 2 is 1.88 bits per heavy atom. The fourth-order valence-corrected chi connectivity index (χ4v) is 2.04. The average Bonchev–Trinajstić information content (AvgIpc) is 2.60. The highest BCUT2D eigenvalue weighted by molar-refractivity contribution is 6.03. The lowest BCUT2D eigenvalue weighted by atomic mass is 10.1. The number of aromatic hydroxyl groups is 1. The van der Waals surface area contributed by atoms with Crippen LogP contribution in [-0.4, -0.2) is 28.7 Å². The molecule has 2 aromatic rings. The van der Waals surface area contributed by atoms with Crippen LogP contribution in [-0.2, 0) is 4.79 Å². The Labute approximate surface area is 145 Å². The molecule has 25 heavy (non-hydrogen) atoms. The van der Waals surface area contributed by atoms with E-state index in [4.69, 9.17) is 9.84 Å². The number of ether oxygens (including phenoxy) is 1. The van der Waals surface area contributed by atoms with E-state index in [2.05, 4.69) is 5.32 Å². The maximum atomic E-state index is 11.9. The standard InChI is InChI=1S/C19H19NO5/c1-2-11-25-15-7-3-13(4-8-15)5-10-18(22)20-14-6-9-17(21)16(12-14)19(23)24/h3-10,12,21H,2,11H2,1H3,(H,20,22)(H,23,24)/b10-5+. The summed E-state index contributed by atoms with van der Waals surface area (Å²) >= 11 is 0. The predicted octanol–water partition coefficient (Wildman–Crippen LogP) is 3.53. The molecule has 0 saturated carbocycles. The molecule has 3 N–H and O–H groups in total. The van der Waals surface area contributed by atoms with Crippen LogP contribution in [0, 0.1) is 0 Å². The van der Waals surface area contributed by atoms with Gasteiger partial charge in [0, 0.05) is 11.8 Å². The van der Waals surface area contributed by atoms with E-state index >= 15 is 0 Å². The van der Waals surface area contributed by atoms with Gasteiger partial charge in [0.2, 0.25) is 5.91 Å². The van der Waals surface area contributed by atoms with Crippen LogP contribution >= 0.6 is 0 Å². The summed E-state index contributed by atoms with van der Waals surface area (Å²) < 4.78 is 5.48. The van der Waals surface area contributed by atoms with Gasteiger partial charge in [0.25, 0.3) is 0 Å². The van der Waals surface area contributed by atoms with Crippen LogP contribution in [0.1, 0.15) is 29.3 Å². The molecule has 0 aromatic heterocycles. The SMILES string of the molecule is CCCOc1ccc(/C=C/C(=O)Nc2ccc(O)c(C(=O)O)c2)cc1. The van der Waals surface area contributed by atoms with E-state index in [-0.39, 0.29) is 17.0 Å². The average molecular weight is 341 g/mol. The molecule has 0 aliphatic carbocycles. The maximum absolute atomic E-state index is 11.9. The first-order valence-corrected chi connectivity index (χ1v) is 7.78. The lowest BCUT2D eigenvalue weighted by Gasteiger charge is -2.05. The fraction of sp³-hybridized carbons (Fsp3) is 0.158. The number of phenols is 1. The van der Waals surface area contributed by atoms with E-state index in [0.717, 1.165) is 17.7 Å². The smallest absolute Gasteiger partial charge is 0.339 e. The highest BCUT2D eigenvalue weighted by Gasteiger charge is 2.10. The number of benzene rings is 2. The topological polar surface area (TPSA) is 95.9 Å². The Balaban J connectivity index is 1.99. The molecule has 0 fully saturated rings. The van der Waals surface area contributed by atoms with Gasteiger partial charge in [-0.1, -0.05) is 19.1 Å². The molecule has 0 atom stereocenters. The Kier molecular flexibility index (Phi) is 6.17. The number of hydrogen-bond donors (Lipinski definition) is 3. The summed E-state index contributed by atoms with van der Waals surface area (Å²) in [6.07, 6.45) is 3.91. The molecule has 2 rings (SSSR count). The molecule has 0 aliphatic rings. The van der Waals surface area contributed by atoms with Crippen LogP contribution in [0.2, 0.25) is 0 Å². The van der Waals surface area contributed by atoms with E-state index in [1.54, 1.807) is 6.08 Å². The van der Waals surface area contributed by atoms with Gasteiger partial charge < -0.3 is 20.3 Å². The quantitative estimate of drug-likeness (QED) is 0.529. The maximum Gasteiger partial charge on any atom is 0.339 e. The zero-order valence-corrected chi connectivity index (χ0v) is 13.7. The number of aromatic carboxylic acids is 1. The summed E-state index contributed by atoms with van der Waals surface area (Å²) in [6, 6.07) is 11.2. The number of carboxylic acids is 1. The van der Waals surface area contributed by atoms with Gasteiger partial charge in [-0.25, -0.2) is 4.79 Å². The van der Waals surface area contributed by atoms with E-state index in [1.807, 2.05) is 31.2 Å². The van der Waals surface area contributed by atoms with Gasteiger partial charge >= 0.3 is 5.97 Å². The largest absolute Gasteiger partial charge is 0.507 e. The summed E-state index contributed by atoms with van der Waals surface area (Å²) in [5.74, 6) is -1.26. The Bertz CT molecular complexity index is 781. The van der Waals surface area contributed by atoms with Gasteiger partial charge in [0.05, 0.1) is 6.61 Å². The van der Waals surface area contributed by atoms with E-state index in [9.17, 15) is 14.7 Å². The second-order valence-electron chi connectivity index (χ2n) is 5.28. The zero-order chi connectivity index (χ0) is 18.2.